The highest BCUT2D eigenvalue weighted by molar-refractivity contribution is 6.31. The van der Waals surface area contributed by atoms with E-state index in [-0.39, 0.29) is 0 Å². The SMILES string of the molecule is Cc1cccc(OCc2ccncc2Cl)c1. The van der Waals surface area contributed by atoms with Crippen molar-refractivity contribution >= 4 is 11.6 Å². The highest BCUT2D eigenvalue weighted by Gasteiger charge is 2.00. The summed E-state index contributed by atoms with van der Waals surface area (Å²) in [6, 6.07) is 9.79. The number of pyridine rings is 1. The van der Waals surface area contributed by atoms with Crippen molar-refractivity contribution in [3.05, 3.63) is 58.9 Å². The van der Waals surface area contributed by atoms with Crippen molar-refractivity contribution in [1.82, 2.24) is 4.98 Å². The standard InChI is InChI=1S/C13H12ClNO/c1-10-3-2-4-12(7-10)16-9-11-5-6-15-8-13(11)14/h2-8H,9H2,1H3. The van der Waals surface area contributed by atoms with E-state index < -0.39 is 0 Å². The topological polar surface area (TPSA) is 22.1 Å². The van der Waals surface area contributed by atoms with E-state index >= 15 is 0 Å². The molecular formula is C13H12ClNO. The largest absolute Gasteiger partial charge is 0.489 e. The number of rotatable bonds is 3. The molecule has 0 spiro atoms. The van der Waals surface area contributed by atoms with Crippen LogP contribution >= 0.6 is 11.6 Å². The van der Waals surface area contributed by atoms with Gasteiger partial charge in [-0.1, -0.05) is 23.7 Å². The molecule has 3 heteroatoms. The molecule has 2 nitrogen and oxygen atoms in total. The number of nitrogens with zero attached hydrogens (tertiary/aromatic N) is 1. The fourth-order valence-electron chi connectivity index (χ4n) is 1.39. The van der Waals surface area contributed by atoms with Crippen molar-refractivity contribution in [3.8, 4) is 5.75 Å². The summed E-state index contributed by atoms with van der Waals surface area (Å²) in [4.78, 5) is 3.93. The normalized spacial score (nSPS) is 10.1. The van der Waals surface area contributed by atoms with Gasteiger partial charge in [-0.15, -0.1) is 0 Å². The average Bonchev–Trinajstić information content (AvgIpc) is 2.28. The first-order chi connectivity index (χ1) is 7.75. The predicted molar refractivity (Wildman–Crippen MR) is 64.8 cm³/mol. The van der Waals surface area contributed by atoms with Crippen LogP contribution in [0.3, 0.4) is 0 Å². The molecule has 1 aromatic carbocycles. The number of hydrogen-bond donors (Lipinski definition) is 0. The molecule has 2 aromatic rings. The summed E-state index contributed by atoms with van der Waals surface area (Å²) in [5.41, 5.74) is 2.12. The van der Waals surface area contributed by atoms with Gasteiger partial charge in [0.25, 0.3) is 0 Å². The summed E-state index contributed by atoms with van der Waals surface area (Å²) in [5, 5.41) is 0.634. The Bertz CT molecular complexity index is 485. The first kappa shape index (κ1) is 11.0. The lowest BCUT2D eigenvalue weighted by Crippen LogP contribution is -1.96. The fourth-order valence-corrected chi connectivity index (χ4v) is 1.56. The van der Waals surface area contributed by atoms with Crippen LogP contribution in [0.2, 0.25) is 5.02 Å². The van der Waals surface area contributed by atoms with E-state index in [2.05, 4.69) is 4.98 Å². The second-order valence-electron chi connectivity index (χ2n) is 3.57. The first-order valence-electron chi connectivity index (χ1n) is 5.03. The monoisotopic (exact) mass is 233 g/mol. The average molecular weight is 234 g/mol. The van der Waals surface area contributed by atoms with Crippen LogP contribution in [0.4, 0.5) is 0 Å². The van der Waals surface area contributed by atoms with E-state index in [0.29, 0.717) is 11.6 Å². The van der Waals surface area contributed by atoms with Gasteiger partial charge in [-0.25, -0.2) is 0 Å². The molecule has 0 saturated heterocycles. The van der Waals surface area contributed by atoms with E-state index in [4.69, 9.17) is 16.3 Å². The van der Waals surface area contributed by atoms with Crippen LogP contribution in [0.5, 0.6) is 5.75 Å². The van der Waals surface area contributed by atoms with E-state index in [9.17, 15) is 0 Å². The van der Waals surface area contributed by atoms with Crippen LogP contribution in [-0.4, -0.2) is 4.98 Å². The zero-order chi connectivity index (χ0) is 11.4. The molecule has 0 atom stereocenters. The number of aryl methyl sites for hydroxylation is 1. The molecule has 0 saturated carbocycles. The Kier molecular flexibility index (Phi) is 3.42. The number of aromatic nitrogens is 1. The van der Waals surface area contributed by atoms with Crippen molar-refractivity contribution in [2.45, 2.75) is 13.5 Å². The maximum atomic E-state index is 5.98. The van der Waals surface area contributed by atoms with Gasteiger partial charge in [0.15, 0.2) is 0 Å². The van der Waals surface area contributed by atoms with Crippen LogP contribution in [0, 0.1) is 6.92 Å². The summed E-state index contributed by atoms with van der Waals surface area (Å²) in [6.07, 6.45) is 3.33. The minimum atomic E-state index is 0.463. The predicted octanol–water partition coefficient (Wildman–Crippen LogP) is 3.62. The maximum absolute atomic E-state index is 5.98. The zero-order valence-electron chi connectivity index (χ0n) is 8.98. The van der Waals surface area contributed by atoms with Gasteiger partial charge in [0.05, 0.1) is 5.02 Å². The lowest BCUT2D eigenvalue weighted by molar-refractivity contribution is 0.306. The van der Waals surface area contributed by atoms with Gasteiger partial charge in [0, 0.05) is 18.0 Å². The molecule has 0 N–H and O–H groups in total. The third-order valence-electron chi connectivity index (χ3n) is 2.24. The second kappa shape index (κ2) is 4.99. The summed E-state index contributed by atoms with van der Waals surface area (Å²) in [6.45, 7) is 2.50. The first-order valence-corrected chi connectivity index (χ1v) is 5.41. The summed E-state index contributed by atoms with van der Waals surface area (Å²) in [5.74, 6) is 0.855. The molecule has 1 aromatic heterocycles. The molecule has 16 heavy (non-hydrogen) atoms. The third kappa shape index (κ3) is 2.74. The van der Waals surface area contributed by atoms with Crippen LogP contribution in [0.1, 0.15) is 11.1 Å². The van der Waals surface area contributed by atoms with Crippen molar-refractivity contribution in [3.63, 3.8) is 0 Å². The van der Waals surface area contributed by atoms with Gasteiger partial charge >= 0.3 is 0 Å². The molecule has 1 heterocycles. The Morgan fingerprint density at radius 2 is 2.19 bits per heavy atom. The molecule has 0 unspecified atom stereocenters. The van der Waals surface area contributed by atoms with E-state index in [0.717, 1.165) is 11.3 Å². The van der Waals surface area contributed by atoms with Crippen LogP contribution in [0.15, 0.2) is 42.7 Å². The Morgan fingerprint density at radius 1 is 1.31 bits per heavy atom. The molecule has 0 amide bonds. The molecule has 0 radical (unpaired) electrons. The number of halogens is 1. The van der Waals surface area contributed by atoms with Crippen LogP contribution in [0.25, 0.3) is 0 Å². The summed E-state index contributed by atoms with van der Waals surface area (Å²) < 4.78 is 5.64. The fraction of sp³-hybridized carbons (Fsp3) is 0.154. The quantitative estimate of drug-likeness (QED) is 0.808. The van der Waals surface area contributed by atoms with Gasteiger partial charge in [0.2, 0.25) is 0 Å². The molecule has 0 fully saturated rings. The lowest BCUT2D eigenvalue weighted by Gasteiger charge is -2.07. The van der Waals surface area contributed by atoms with E-state index in [1.165, 1.54) is 5.56 Å². The maximum Gasteiger partial charge on any atom is 0.120 e. The molecule has 2 rings (SSSR count). The van der Waals surface area contributed by atoms with E-state index in [1.54, 1.807) is 12.4 Å². The van der Waals surface area contributed by atoms with Crippen molar-refractivity contribution in [2.75, 3.05) is 0 Å². The Hall–Kier alpha value is -1.54. The lowest BCUT2D eigenvalue weighted by atomic mass is 10.2. The Morgan fingerprint density at radius 3 is 2.94 bits per heavy atom. The van der Waals surface area contributed by atoms with Crippen LogP contribution < -0.4 is 4.74 Å². The van der Waals surface area contributed by atoms with Gasteiger partial charge in [-0.3, -0.25) is 4.98 Å². The minimum Gasteiger partial charge on any atom is -0.489 e. The van der Waals surface area contributed by atoms with Gasteiger partial charge in [-0.2, -0.15) is 0 Å². The minimum absolute atomic E-state index is 0.463. The van der Waals surface area contributed by atoms with Crippen molar-refractivity contribution in [2.24, 2.45) is 0 Å². The van der Waals surface area contributed by atoms with Gasteiger partial charge in [0.1, 0.15) is 12.4 Å². The smallest absolute Gasteiger partial charge is 0.120 e. The molecule has 0 aliphatic rings. The molecular weight excluding hydrogens is 222 g/mol. The van der Waals surface area contributed by atoms with Gasteiger partial charge in [-0.05, 0) is 30.7 Å². The van der Waals surface area contributed by atoms with E-state index in [1.807, 2.05) is 37.3 Å². The van der Waals surface area contributed by atoms with Crippen molar-refractivity contribution < 1.29 is 4.74 Å². The number of benzene rings is 1. The molecule has 82 valence electrons. The summed E-state index contributed by atoms with van der Waals surface area (Å²) in [7, 11) is 0. The summed E-state index contributed by atoms with van der Waals surface area (Å²) >= 11 is 5.98. The Labute approximate surface area is 99.9 Å². The Balaban J connectivity index is 2.05. The van der Waals surface area contributed by atoms with Crippen LogP contribution in [-0.2, 0) is 6.61 Å². The molecule has 0 aliphatic heterocycles. The molecule has 0 bridgehead atoms. The highest BCUT2D eigenvalue weighted by atomic mass is 35.5. The number of ether oxygens (including phenoxy) is 1. The van der Waals surface area contributed by atoms with Gasteiger partial charge < -0.3 is 4.74 Å². The zero-order valence-corrected chi connectivity index (χ0v) is 9.74. The second-order valence-corrected chi connectivity index (χ2v) is 3.98. The molecule has 0 aliphatic carbocycles. The van der Waals surface area contributed by atoms with Crippen molar-refractivity contribution in [1.29, 1.82) is 0 Å². The third-order valence-corrected chi connectivity index (χ3v) is 2.58. The highest BCUT2D eigenvalue weighted by Crippen LogP contribution is 2.18. The number of hydrogen-bond acceptors (Lipinski definition) is 2.